The summed E-state index contributed by atoms with van der Waals surface area (Å²) in [6, 6.07) is 16.8. The lowest BCUT2D eigenvalue weighted by Gasteiger charge is -2.37. The maximum absolute atomic E-state index is 12.8. The van der Waals surface area contributed by atoms with Gasteiger partial charge in [0.25, 0.3) is 0 Å². The summed E-state index contributed by atoms with van der Waals surface area (Å²) in [7, 11) is 0. The van der Waals surface area contributed by atoms with Crippen molar-refractivity contribution < 1.29 is 4.79 Å². The zero-order valence-electron chi connectivity index (χ0n) is 17.2. The predicted molar refractivity (Wildman–Crippen MR) is 115 cm³/mol. The smallest absolute Gasteiger partial charge is 0.236 e. The summed E-state index contributed by atoms with van der Waals surface area (Å²) in [5.74, 6) is 1.01. The number of benzene rings is 1. The summed E-state index contributed by atoms with van der Waals surface area (Å²) < 4.78 is 0. The third kappa shape index (κ3) is 5.87. The third-order valence-electron chi connectivity index (χ3n) is 6.27. The molecule has 2 aliphatic heterocycles. The van der Waals surface area contributed by atoms with Gasteiger partial charge in [-0.1, -0.05) is 36.4 Å². The molecule has 5 heteroatoms. The second-order valence-electron chi connectivity index (χ2n) is 8.39. The van der Waals surface area contributed by atoms with Gasteiger partial charge in [0.2, 0.25) is 5.91 Å². The summed E-state index contributed by atoms with van der Waals surface area (Å²) in [4.78, 5) is 24.0. The molecule has 2 saturated heterocycles. The van der Waals surface area contributed by atoms with E-state index in [1.54, 1.807) is 0 Å². The van der Waals surface area contributed by atoms with Crippen molar-refractivity contribution in [2.24, 2.45) is 5.92 Å². The Morgan fingerprint density at radius 3 is 2.24 bits per heavy atom. The normalized spacial score (nSPS) is 19.4. The molecule has 5 nitrogen and oxygen atoms in total. The largest absolute Gasteiger partial charge is 0.342 e. The average Bonchev–Trinajstić information content (AvgIpc) is 2.77. The van der Waals surface area contributed by atoms with E-state index in [0.717, 1.165) is 70.8 Å². The van der Waals surface area contributed by atoms with Crippen molar-refractivity contribution in [3.05, 3.63) is 66.0 Å². The van der Waals surface area contributed by atoms with Crippen LogP contribution in [0.2, 0.25) is 0 Å². The molecule has 0 unspecified atom stereocenters. The Morgan fingerprint density at radius 2 is 1.55 bits per heavy atom. The number of amides is 1. The number of likely N-dealkylation sites (tertiary alicyclic amines) is 1. The number of hydrogen-bond acceptors (Lipinski definition) is 4. The lowest BCUT2D eigenvalue weighted by atomic mass is 9.90. The summed E-state index contributed by atoms with van der Waals surface area (Å²) in [5.41, 5.74) is 2.54. The lowest BCUT2D eigenvalue weighted by Crippen LogP contribution is -2.50. The second-order valence-corrected chi connectivity index (χ2v) is 8.39. The average molecular weight is 393 g/mol. The molecule has 0 aliphatic carbocycles. The molecule has 1 aromatic heterocycles. The molecule has 0 bridgehead atoms. The molecule has 1 amide bonds. The SMILES string of the molecule is O=C(CN1CCN(Cc2ccccn2)CC1)N1CCC(Cc2ccccc2)CC1. The molecule has 4 rings (SSSR count). The van der Waals surface area contributed by atoms with E-state index in [1.165, 1.54) is 5.56 Å². The Kier molecular flexibility index (Phi) is 6.91. The number of carbonyl (C=O) groups excluding carboxylic acids is 1. The Morgan fingerprint density at radius 1 is 0.862 bits per heavy atom. The number of hydrogen-bond donors (Lipinski definition) is 0. The van der Waals surface area contributed by atoms with Crippen LogP contribution in [0.3, 0.4) is 0 Å². The number of carbonyl (C=O) groups is 1. The minimum absolute atomic E-state index is 0.307. The van der Waals surface area contributed by atoms with Crippen LogP contribution in [0.1, 0.15) is 24.1 Å². The maximum Gasteiger partial charge on any atom is 0.236 e. The highest BCUT2D eigenvalue weighted by Gasteiger charge is 2.25. The molecule has 29 heavy (non-hydrogen) atoms. The summed E-state index contributed by atoms with van der Waals surface area (Å²) in [6.07, 6.45) is 5.24. The van der Waals surface area contributed by atoms with Gasteiger partial charge in [-0.15, -0.1) is 0 Å². The topological polar surface area (TPSA) is 39.7 Å². The highest BCUT2D eigenvalue weighted by Crippen LogP contribution is 2.22. The minimum Gasteiger partial charge on any atom is -0.342 e. The number of rotatable bonds is 6. The number of nitrogens with zero attached hydrogens (tertiary/aromatic N) is 4. The Bertz CT molecular complexity index is 751. The Balaban J connectivity index is 1.16. The molecule has 0 atom stereocenters. The summed E-state index contributed by atoms with van der Waals surface area (Å²) >= 11 is 0. The summed E-state index contributed by atoms with van der Waals surface area (Å²) in [6.45, 7) is 7.22. The molecule has 154 valence electrons. The van der Waals surface area contributed by atoms with Gasteiger partial charge in [-0.2, -0.15) is 0 Å². The van der Waals surface area contributed by atoms with E-state index >= 15 is 0 Å². The van der Waals surface area contributed by atoms with Crippen molar-refractivity contribution in [1.82, 2.24) is 19.7 Å². The molecule has 1 aromatic carbocycles. The zero-order valence-corrected chi connectivity index (χ0v) is 17.2. The molecular weight excluding hydrogens is 360 g/mol. The predicted octanol–water partition coefficient (Wildman–Crippen LogP) is 2.68. The van der Waals surface area contributed by atoms with Crippen molar-refractivity contribution in [1.29, 1.82) is 0 Å². The monoisotopic (exact) mass is 392 g/mol. The van der Waals surface area contributed by atoms with Crippen molar-refractivity contribution in [2.45, 2.75) is 25.8 Å². The van der Waals surface area contributed by atoms with E-state index in [0.29, 0.717) is 18.4 Å². The van der Waals surface area contributed by atoms with E-state index in [4.69, 9.17) is 0 Å². The van der Waals surface area contributed by atoms with E-state index in [-0.39, 0.29) is 0 Å². The van der Waals surface area contributed by atoms with Gasteiger partial charge in [0, 0.05) is 52.0 Å². The lowest BCUT2D eigenvalue weighted by molar-refractivity contribution is -0.134. The van der Waals surface area contributed by atoms with Crippen LogP contribution in [0.25, 0.3) is 0 Å². The molecule has 0 spiro atoms. The van der Waals surface area contributed by atoms with Crippen molar-refractivity contribution in [3.8, 4) is 0 Å². The highest BCUT2D eigenvalue weighted by molar-refractivity contribution is 5.78. The number of piperidine rings is 1. The first kappa shape index (κ1) is 20.0. The first-order chi connectivity index (χ1) is 14.3. The molecule has 0 radical (unpaired) electrons. The van der Waals surface area contributed by atoms with E-state index < -0.39 is 0 Å². The second kappa shape index (κ2) is 9.99. The van der Waals surface area contributed by atoms with Gasteiger partial charge in [-0.3, -0.25) is 19.6 Å². The van der Waals surface area contributed by atoms with Crippen LogP contribution < -0.4 is 0 Å². The van der Waals surface area contributed by atoms with Gasteiger partial charge in [0.1, 0.15) is 0 Å². The van der Waals surface area contributed by atoms with Crippen LogP contribution >= 0.6 is 0 Å². The van der Waals surface area contributed by atoms with Crippen LogP contribution in [0.4, 0.5) is 0 Å². The number of pyridine rings is 1. The summed E-state index contributed by atoms with van der Waals surface area (Å²) in [5, 5.41) is 0. The van der Waals surface area contributed by atoms with Crippen LogP contribution in [-0.2, 0) is 17.8 Å². The fourth-order valence-corrected chi connectivity index (χ4v) is 4.45. The molecule has 3 heterocycles. The van der Waals surface area contributed by atoms with E-state index in [9.17, 15) is 4.79 Å². The molecule has 2 aliphatic rings. The van der Waals surface area contributed by atoms with Gasteiger partial charge >= 0.3 is 0 Å². The van der Waals surface area contributed by atoms with Gasteiger partial charge in [-0.05, 0) is 42.9 Å². The zero-order chi connectivity index (χ0) is 19.9. The first-order valence-corrected chi connectivity index (χ1v) is 10.9. The van der Waals surface area contributed by atoms with Crippen LogP contribution in [0.5, 0.6) is 0 Å². The van der Waals surface area contributed by atoms with Crippen LogP contribution in [-0.4, -0.2) is 71.4 Å². The van der Waals surface area contributed by atoms with Gasteiger partial charge in [0.15, 0.2) is 0 Å². The van der Waals surface area contributed by atoms with E-state index in [1.807, 2.05) is 18.3 Å². The molecular formula is C24H32N4O. The fraction of sp³-hybridized carbons (Fsp3) is 0.500. The number of piperazine rings is 1. The molecule has 2 fully saturated rings. The van der Waals surface area contributed by atoms with Crippen molar-refractivity contribution >= 4 is 5.91 Å². The molecule has 0 N–H and O–H groups in total. The van der Waals surface area contributed by atoms with Crippen molar-refractivity contribution in [3.63, 3.8) is 0 Å². The van der Waals surface area contributed by atoms with Gasteiger partial charge in [0.05, 0.1) is 12.2 Å². The van der Waals surface area contributed by atoms with E-state index in [2.05, 4.69) is 56.1 Å². The van der Waals surface area contributed by atoms with Gasteiger partial charge in [-0.25, -0.2) is 0 Å². The van der Waals surface area contributed by atoms with Gasteiger partial charge < -0.3 is 4.90 Å². The maximum atomic E-state index is 12.8. The quantitative estimate of drug-likeness (QED) is 0.758. The molecule has 0 saturated carbocycles. The van der Waals surface area contributed by atoms with Crippen molar-refractivity contribution in [2.75, 3.05) is 45.8 Å². The Labute approximate surface area is 174 Å². The molecule has 2 aromatic rings. The van der Waals surface area contributed by atoms with Crippen LogP contribution in [0.15, 0.2) is 54.7 Å². The van der Waals surface area contributed by atoms with Crippen LogP contribution in [0, 0.1) is 5.92 Å². The standard InChI is InChI=1S/C24H32N4O/c29-24(28-12-9-22(10-13-28)18-21-6-2-1-3-7-21)20-27-16-14-26(15-17-27)19-23-8-4-5-11-25-23/h1-8,11,22H,9-10,12-20H2. The number of aromatic nitrogens is 1. The minimum atomic E-state index is 0.307. The fourth-order valence-electron chi connectivity index (χ4n) is 4.45. The highest BCUT2D eigenvalue weighted by atomic mass is 16.2. The Hall–Kier alpha value is -2.24. The first-order valence-electron chi connectivity index (χ1n) is 10.9. The third-order valence-corrected chi connectivity index (χ3v) is 6.27.